The summed E-state index contributed by atoms with van der Waals surface area (Å²) in [4.78, 5) is 14.5. The molecular weight excluding hydrogens is 288 g/mol. The summed E-state index contributed by atoms with van der Waals surface area (Å²) in [6, 6.07) is 2.11. The van der Waals surface area contributed by atoms with Gasteiger partial charge < -0.3 is 4.90 Å². The van der Waals surface area contributed by atoms with Gasteiger partial charge in [0.1, 0.15) is 0 Å². The maximum Gasteiger partial charge on any atom is 0.238 e. The van der Waals surface area contributed by atoms with Crippen molar-refractivity contribution < 1.29 is 4.79 Å². The second kappa shape index (κ2) is 5.80. The van der Waals surface area contributed by atoms with Crippen LogP contribution in [-0.4, -0.2) is 30.9 Å². The second-order valence-electron chi connectivity index (χ2n) is 4.01. The van der Waals surface area contributed by atoms with E-state index in [0.717, 1.165) is 4.47 Å². The molecule has 0 spiro atoms. The molecule has 1 aromatic heterocycles. The largest absolute Gasteiger partial charge is 0.347 e. The Bertz CT molecular complexity index is 365. The molecule has 0 saturated heterocycles. The number of likely N-dealkylation sites (N-methyl/N-ethyl adjacent to an activating group) is 1. The minimum absolute atomic E-state index is 0.0995. The van der Waals surface area contributed by atoms with Crippen LogP contribution in [0.3, 0.4) is 0 Å². The van der Waals surface area contributed by atoms with Gasteiger partial charge in [0.25, 0.3) is 0 Å². The highest BCUT2D eigenvalue weighted by Crippen LogP contribution is 2.25. The zero-order valence-corrected chi connectivity index (χ0v) is 12.4. The quantitative estimate of drug-likeness (QED) is 0.927. The molecule has 0 aliphatic heterocycles. The van der Waals surface area contributed by atoms with E-state index < -0.39 is 0 Å². The first-order valence-corrected chi connectivity index (χ1v) is 6.80. The fourth-order valence-corrected chi connectivity index (χ4v) is 2.93. The number of rotatable bonds is 4. The van der Waals surface area contributed by atoms with Crippen LogP contribution in [0.5, 0.6) is 0 Å². The van der Waals surface area contributed by atoms with E-state index in [1.54, 1.807) is 30.3 Å². The number of carbonyl (C=O) groups is 1. The molecule has 1 rings (SSSR count). The van der Waals surface area contributed by atoms with Gasteiger partial charge in [0.2, 0.25) is 5.91 Å². The molecule has 1 aromatic rings. The number of halogens is 1. The number of nitrogens with one attached hydrogen (secondary N) is 1. The summed E-state index contributed by atoms with van der Waals surface area (Å²) in [5, 5.41) is 5.34. The van der Waals surface area contributed by atoms with Crippen molar-refractivity contribution in [2.75, 3.05) is 14.1 Å². The smallest absolute Gasteiger partial charge is 0.238 e. The Hall–Kier alpha value is -0.390. The van der Waals surface area contributed by atoms with Crippen LogP contribution in [0.4, 0.5) is 0 Å². The molecule has 1 N–H and O–H groups in total. The molecule has 0 aromatic carbocycles. The van der Waals surface area contributed by atoms with Crippen LogP contribution in [0.25, 0.3) is 0 Å². The predicted molar refractivity (Wildman–Crippen MR) is 71.7 cm³/mol. The fraction of sp³-hybridized carbons (Fsp3) is 0.545. The van der Waals surface area contributed by atoms with Gasteiger partial charge in [-0.25, -0.2) is 0 Å². The third-order valence-corrected chi connectivity index (χ3v) is 4.20. The fourth-order valence-electron chi connectivity index (χ4n) is 1.47. The van der Waals surface area contributed by atoms with Gasteiger partial charge in [0, 0.05) is 34.9 Å². The van der Waals surface area contributed by atoms with Crippen LogP contribution in [0.1, 0.15) is 24.8 Å². The highest BCUT2D eigenvalue weighted by atomic mass is 79.9. The number of thiophene rings is 1. The highest BCUT2D eigenvalue weighted by Gasteiger charge is 2.18. The van der Waals surface area contributed by atoms with E-state index in [1.807, 2.05) is 12.3 Å². The molecule has 0 saturated carbocycles. The third-order valence-electron chi connectivity index (χ3n) is 2.33. The van der Waals surface area contributed by atoms with E-state index in [0.29, 0.717) is 0 Å². The molecule has 0 aliphatic carbocycles. The van der Waals surface area contributed by atoms with Gasteiger partial charge in [-0.2, -0.15) is 0 Å². The summed E-state index contributed by atoms with van der Waals surface area (Å²) < 4.78 is 1.09. The first-order chi connectivity index (χ1) is 7.41. The van der Waals surface area contributed by atoms with E-state index in [2.05, 4.69) is 34.2 Å². The van der Waals surface area contributed by atoms with Crippen LogP contribution < -0.4 is 5.32 Å². The summed E-state index contributed by atoms with van der Waals surface area (Å²) in [5.74, 6) is 0.0995. The third kappa shape index (κ3) is 3.57. The average Bonchev–Trinajstić information content (AvgIpc) is 2.63. The molecule has 3 nitrogen and oxygen atoms in total. The lowest BCUT2D eigenvalue weighted by atomic mass is 10.2. The summed E-state index contributed by atoms with van der Waals surface area (Å²) in [6.45, 7) is 3.96. The van der Waals surface area contributed by atoms with E-state index in [-0.39, 0.29) is 18.0 Å². The number of nitrogens with zero attached hydrogens (tertiary/aromatic N) is 1. The van der Waals surface area contributed by atoms with Crippen molar-refractivity contribution in [2.24, 2.45) is 0 Å². The van der Waals surface area contributed by atoms with Crippen molar-refractivity contribution in [3.8, 4) is 0 Å². The number of carbonyl (C=O) groups excluding carboxylic acids is 1. The number of amides is 1. The van der Waals surface area contributed by atoms with Gasteiger partial charge in [-0.15, -0.1) is 11.3 Å². The van der Waals surface area contributed by atoms with Gasteiger partial charge in [0.05, 0.1) is 6.04 Å². The SMILES string of the molecule is CC(NC(C)c1cc(Br)cs1)C(=O)N(C)C. The molecule has 0 fully saturated rings. The van der Waals surface area contributed by atoms with Crippen molar-refractivity contribution in [3.05, 3.63) is 20.8 Å². The minimum atomic E-state index is -0.161. The lowest BCUT2D eigenvalue weighted by Gasteiger charge is -2.21. The van der Waals surface area contributed by atoms with E-state index >= 15 is 0 Å². The van der Waals surface area contributed by atoms with Gasteiger partial charge in [-0.3, -0.25) is 10.1 Å². The number of hydrogen-bond donors (Lipinski definition) is 1. The van der Waals surface area contributed by atoms with Crippen LogP contribution in [-0.2, 0) is 4.79 Å². The normalized spacial score (nSPS) is 14.6. The van der Waals surface area contributed by atoms with E-state index in [1.165, 1.54) is 4.88 Å². The van der Waals surface area contributed by atoms with Crippen molar-refractivity contribution >= 4 is 33.2 Å². The molecule has 2 unspecified atom stereocenters. The monoisotopic (exact) mass is 304 g/mol. The highest BCUT2D eigenvalue weighted by molar-refractivity contribution is 9.10. The van der Waals surface area contributed by atoms with Gasteiger partial charge >= 0.3 is 0 Å². The molecule has 16 heavy (non-hydrogen) atoms. The molecule has 2 atom stereocenters. The van der Waals surface area contributed by atoms with Crippen LogP contribution >= 0.6 is 27.3 Å². The first-order valence-electron chi connectivity index (χ1n) is 5.13. The molecule has 0 bridgehead atoms. The Labute approximate surface area is 109 Å². The Morgan fingerprint density at radius 3 is 2.56 bits per heavy atom. The summed E-state index contributed by atoms with van der Waals surface area (Å²) in [6.07, 6.45) is 0. The summed E-state index contributed by atoms with van der Waals surface area (Å²) >= 11 is 5.11. The maximum absolute atomic E-state index is 11.7. The maximum atomic E-state index is 11.7. The zero-order valence-electron chi connectivity index (χ0n) is 9.95. The van der Waals surface area contributed by atoms with Gasteiger partial charge in [0.15, 0.2) is 0 Å². The Kier molecular flexibility index (Phi) is 4.95. The van der Waals surface area contributed by atoms with Gasteiger partial charge in [-0.1, -0.05) is 0 Å². The zero-order chi connectivity index (χ0) is 12.3. The number of hydrogen-bond acceptors (Lipinski definition) is 3. The molecule has 90 valence electrons. The van der Waals surface area contributed by atoms with Crippen LogP contribution in [0.2, 0.25) is 0 Å². The Morgan fingerprint density at radius 1 is 1.50 bits per heavy atom. The first kappa shape index (κ1) is 13.7. The molecular formula is C11H17BrN2OS. The summed E-state index contributed by atoms with van der Waals surface area (Å²) in [7, 11) is 3.54. The summed E-state index contributed by atoms with van der Waals surface area (Å²) in [5.41, 5.74) is 0. The molecule has 1 amide bonds. The second-order valence-corrected chi connectivity index (χ2v) is 5.87. The molecule has 1 heterocycles. The van der Waals surface area contributed by atoms with Crippen molar-refractivity contribution in [3.63, 3.8) is 0 Å². The van der Waals surface area contributed by atoms with Crippen molar-refractivity contribution in [1.29, 1.82) is 0 Å². The standard InChI is InChI=1S/C11H17BrN2OS/c1-7(10-5-9(12)6-16-10)13-8(2)11(15)14(3)4/h5-8,13H,1-4H3. The average molecular weight is 305 g/mol. The van der Waals surface area contributed by atoms with Gasteiger partial charge in [-0.05, 0) is 35.8 Å². The lowest BCUT2D eigenvalue weighted by Crippen LogP contribution is -2.42. The van der Waals surface area contributed by atoms with E-state index in [9.17, 15) is 4.79 Å². The van der Waals surface area contributed by atoms with Crippen molar-refractivity contribution in [2.45, 2.75) is 25.9 Å². The lowest BCUT2D eigenvalue weighted by molar-refractivity contribution is -0.130. The molecule has 5 heteroatoms. The van der Waals surface area contributed by atoms with E-state index in [4.69, 9.17) is 0 Å². The Balaban J connectivity index is 2.58. The predicted octanol–water partition coefficient (Wildman–Crippen LogP) is 2.64. The van der Waals surface area contributed by atoms with Crippen molar-refractivity contribution in [1.82, 2.24) is 10.2 Å². The molecule has 0 radical (unpaired) electrons. The topological polar surface area (TPSA) is 32.3 Å². The Morgan fingerprint density at radius 2 is 2.12 bits per heavy atom. The van der Waals surface area contributed by atoms with Crippen LogP contribution in [0.15, 0.2) is 15.9 Å². The van der Waals surface area contributed by atoms with Crippen LogP contribution in [0, 0.1) is 0 Å². The minimum Gasteiger partial charge on any atom is -0.347 e. The molecule has 0 aliphatic rings.